The zero-order valence-corrected chi connectivity index (χ0v) is 17.3. The zero-order valence-electron chi connectivity index (χ0n) is 16.5. The van der Waals surface area contributed by atoms with E-state index in [0.29, 0.717) is 17.7 Å². The van der Waals surface area contributed by atoms with Gasteiger partial charge in [0.15, 0.2) is 0 Å². The number of ether oxygens (including phenoxy) is 1. The van der Waals surface area contributed by atoms with Gasteiger partial charge in [-0.3, -0.25) is 0 Å². The minimum absolute atomic E-state index is 0.416. The predicted octanol–water partition coefficient (Wildman–Crippen LogP) is 5.92. The number of aryl methyl sites for hydroxylation is 2. The highest BCUT2D eigenvalue weighted by Gasteiger charge is 2.17. The van der Waals surface area contributed by atoms with Crippen LogP contribution in [0.4, 0.5) is 5.82 Å². The quantitative estimate of drug-likeness (QED) is 0.590. The number of nitrogens with one attached hydrogen (secondary N) is 1. The Bertz CT molecular complexity index is 729. The summed E-state index contributed by atoms with van der Waals surface area (Å²) in [6, 6.07) is 6.18. The number of hydrogen-bond acceptors (Lipinski definition) is 4. The largest absolute Gasteiger partial charge is 0.494 e. The minimum Gasteiger partial charge on any atom is -0.494 e. The van der Waals surface area contributed by atoms with E-state index < -0.39 is 0 Å². The summed E-state index contributed by atoms with van der Waals surface area (Å²) in [5.74, 6) is 1.68. The lowest BCUT2D eigenvalue weighted by molar-refractivity contribution is 0.340. The van der Waals surface area contributed by atoms with E-state index in [1.54, 1.807) is 0 Å². The van der Waals surface area contributed by atoms with Crippen LogP contribution in [0.15, 0.2) is 18.2 Å². The maximum Gasteiger partial charge on any atom is 0.148 e. The molecule has 0 fully saturated rings. The number of aromatic nitrogens is 2. The average Bonchev–Trinajstić information content (AvgIpc) is 2.66. The van der Waals surface area contributed by atoms with Gasteiger partial charge in [-0.05, 0) is 50.8 Å². The first-order chi connectivity index (χ1) is 12.6. The van der Waals surface area contributed by atoms with Gasteiger partial charge in [-0.2, -0.15) is 0 Å². The summed E-state index contributed by atoms with van der Waals surface area (Å²) in [7, 11) is 0. The van der Waals surface area contributed by atoms with Crippen LogP contribution in [0.3, 0.4) is 0 Å². The molecule has 0 saturated carbocycles. The summed E-state index contributed by atoms with van der Waals surface area (Å²) in [6.07, 6.45) is 3.75. The molecule has 0 atom stereocenters. The molecule has 5 heteroatoms. The van der Waals surface area contributed by atoms with Crippen molar-refractivity contribution in [1.82, 2.24) is 9.97 Å². The van der Waals surface area contributed by atoms with E-state index in [1.807, 2.05) is 25.1 Å². The summed E-state index contributed by atoms with van der Waals surface area (Å²) in [5, 5.41) is 4.21. The maximum atomic E-state index is 6.53. The summed E-state index contributed by atoms with van der Waals surface area (Å²) < 4.78 is 5.54. The molecule has 1 aromatic heterocycles. The van der Waals surface area contributed by atoms with E-state index in [0.717, 1.165) is 59.9 Å². The Morgan fingerprint density at radius 3 is 2.23 bits per heavy atom. The van der Waals surface area contributed by atoms with Gasteiger partial charge in [0.25, 0.3) is 0 Å². The van der Waals surface area contributed by atoms with E-state index in [4.69, 9.17) is 26.3 Å². The highest BCUT2D eigenvalue weighted by atomic mass is 35.5. The van der Waals surface area contributed by atoms with E-state index in [-0.39, 0.29) is 0 Å². The van der Waals surface area contributed by atoms with Crippen LogP contribution in [0.5, 0.6) is 5.75 Å². The van der Waals surface area contributed by atoms with Gasteiger partial charge in [-0.25, -0.2) is 9.97 Å². The molecular weight excluding hydrogens is 346 g/mol. The SMILES string of the molecule is CCOc1ccc(-c2nc(CC)c(NC(CC)CC)nc2CC)c(Cl)c1. The molecule has 2 aromatic rings. The van der Waals surface area contributed by atoms with Crippen LogP contribution >= 0.6 is 11.6 Å². The van der Waals surface area contributed by atoms with Crippen LogP contribution in [0.1, 0.15) is 58.8 Å². The molecule has 0 aliphatic rings. The van der Waals surface area contributed by atoms with Crippen molar-refractivity contribution in [1.29, 1.82) is 0 Å². The highest BCUT2D eigenvalue weighted by molar-refractivity contribution is 6.33. The first kappa shape index (κ1) is 20.5. The fourth-order valence-electron chi connectivity index (χ4n) is 2.96. The Morgan fingerprint density at radius 1 is 1.00 bits per heavy atom. The van der Waals surface area contributed by atoms with E-state index in [9.17, 15) is 0 Å². The summed E-state index contributed by atoms with van der Waals surface area (Å²) >= 11 is 6.53. The fourth-order valence-corrected chi connectivity index (χ4v) is 3.22. The lowest BCUT2D eigenvalue weighted by Gasteiger charge is -2.20. The van der Waals surface area contributed by atoms with E-state index in [1.165, 1.54) is 0 Å². The van der Waals surface area contributed by atoms with Crippen molar-refractivity contribution < 1.29 is 4.74 Å². The van der Waals surface area contributed by atoms with Crippen molar-refractivity contribution in [3.63, 3.8) is 0 Å². The summed E-state index contributed by atoms with van der Waals surface area (Å²) in [4.78, 5) is 9.85. The molecule has 0 aliphatic carbocycles. The number of nitrogens with zero attached hydrogens (tertiary/aromatic N) is 2. The summed E-state index contributed by atoms with van der Waals surface area (Å²) in [6.45, 7) is 11.2. The third kappa shape index (κ3) is 4.67. The maximum absolute atomic E-state index is 6.53. The standard InChI is InChI=1S/C21H30ClN3O/c1-6-14(7-2)23-21-19(9-4)24-20(18(8-3)25-21)16-12-11-15(26-10-5)13-17(16)22/h11-14H,6-10H2,1-5H3,(H,23,25). The number of rotatable bonds is 9. The van der Waals surface area contributed by atoms with E-state index in [2.05, 4.69) is 33.0 Å². The zero-order chi connectivity index (χ0) is 19.1. The van der Waals surface area contributed by atoms with Gasteiger partial charge in [0, 0.05) is 11.6 Å². The molecule has 26 heavy (non-hydrogen) atoms. The van der Waals surface area contributed by atoms with Crippen LogP contribution in [-0.4, -0.2) is 22.6 Å². The molecule has 1 N–H and O–H groups in total. The van der Waals surface area contributed by atoms with E-state index >= 15 is 0 Å². The predicted molar refractivity (Wildman–Crippen MR) is 110 cm³/mol. The second-order valence-corrected chi connectivity index (χ2v) is 6.66. The smallest absolute Gasteiger partial charge is 0.148 e. The van der Waals surface area contributed by atoms with Gasteiger partial charge in [-0.15, -0.1) is 0 Å². The first-order valence-corrected chi connectivity index (χ1v) is 10.0. The topological polar surface area (TPSA) is 47.0 Å². The molecule has 142 valence electrons. The monoisotopic (exact) mass is 375 g/mol. The molecule has 0 unspecified atom stereocenters. The van der Waals surface area contributed by atoms with Crippen LogP contribution < -0.4 is 10.1 Å². The molecule has 1 heterocycles. The third-order valence-corrected chi connectivity index (χ3v) is 4.86. The number of halogens is 1. The van der Waals surface area contributed by atoms with Crippen molar-refractivity contribution >= 4 is 17.4 Å². The van der Waals surface area contributed by atoms with Crippen molar-refractivity contribution in [3.05, 3.63) is 34.6 Å². The van der Waals surface area contributed by atoms with Crippen molar-refractivity contribution in [2.75, 3.05) is 11.9 Å². The molecule has 0 spiro atoms. The second-order valence-electron chi connectivity index (χ2n) is 6.25. The van der Waals surface area contributed by atoms with Gasteiger partial charge in [0.05, 0.1) is 28.7 Å². The van der Waals surface area contributed by atoms with Gasteiger partial charge in [-0.1, -0.05) is 39.3 Å². The molecule has 2 rings (SSSR count). The van der Waals surface area contributed by atoms with Crippen LogP contribution in [0, 0.1) is 0 Å². The van der Waals surface area contributed by atoms with Gasteiger partial charge >= 0.3 is 0 Å². The summed E-state index contributed by atoms with van der Waals surface area (Å²) in [5.41, 5.74) is 3.71. The van der Waals surface area contributed by atoms with Crippen LogP contribution in [0.2, 0.25) is 5.02 Å². The molecule has 1 aromatic carbocycles. The Hall–Kier alpha value is -1.81. The molecule has 0 bridgehead atoms. The van der Waals surface area contributed by atoms with Gasteiger partial charge in [0.2, 0.25) is 0 Å². The molecule has 0 saturated heterocycles. The van der Waals surface area contributed by atoms with Gasteiger partial charge < -0.3 is 10.1 Å². The Morgan fingerprint density at radius 2 is 1.69 bits per heavy atom. The lowest BCUT2D eigenvalue weighted by Crippen LogP contribution is -2.20. The van der Waals surface area contributed by atoms with Crippen LogP contribution in [0.25, 0.3) is 11.3 Å². The Balaban J connectivity index is 2.49. The minimum atomic E-state index is 0.416. The number of anilines is 1. The first-order valence-electron chi connectivity index (χ1n) is 9.66. The normalized spacial score (nSPS) is 11.0. The second kappa shape index (κ2) is 9.77. The fraction of sp³-hybridized carbons (Fsp3) is 0.524. The molecule has 0 aliphatic heterocycles. The van der Waals surface area contributed by atoms with Gasteiger partial charge in [0.1, 0.15) is 11.6 Å². The van der Waals surface area contributed by atoms with Crippen molar-refractivity contribution in [2.45, 2.75) is 66.3 Å². The number of hydrogen-bond donors (Lipinski definition) is 1. The number of benzene rings is 1. The highest BCUT2D eigenvalue weighted by Crippen LogP contribution is 2.33. The molecule has 0 radical (unpaired) electrons. The Labute approximate surface area is 162 Å². The van der Waals surface area contributed by atoms with Crippen molar-refractivity contribution in [3.8, 4) is 17.0 Å². The molecular formula is C21H30ClN3O. The molecule has 4 nitrogen and oxygen atoms in total. The van der Waals surface area contributed by atoms with Crippen LogP contribution in [-0.2, 0) is 12.8 Å². The average molecular weight is 376 g/mol. The third-order valence-electron chi connectivity index (χ3n) is 4.54. The Kier molecular flexibility index (Phi) is 7.70. The lowest BCUT2D eigenvalue weighted by atomic mass is 10.1. The van der Waals surface area contributed by atoms with Crippen molar-refractivity contribution in [2.24, 2.45) is 0 Å². The molecule has 0 amide bonds.